The Morgan fingerprint density at radius 1 is 1.20 bits per heavy atom. The average Bonchev–Trinajstić information content (AvgIpc) is 3.44. The van der Waals surface area contributed by atoms with Crippen LogP contribution in [0.4, 0.5) is 17.5 Å². The van der Waals surface area contributed by atoms with Gasteiger partial charge in [-0.1, -0.05) is 0 Å². The summed E-state index contributed by atoms with van der Waals surface area (Å²) in [6.07, 6.45) is 2.03. The summed E-state index contributed by atoms with van der Waals surface area (Å²) in [4.78, 5) is 20.4. The highest BCUT2D eigenvalue weighted by Gasteiger charge is 2.28. The molecule has 0 atom stereocenters. The molecule has 3 rings (SSSR count). The highest BCUT2D eigenvalue weighted by molar-refractivity contribution is 5.80. The quantitative estimate of drug-likeness (QED) is 0.639. The number of ether oxygens (including phenoxy) is 1. The molecule has 3 N–H and O–H groups in total. The van der Waals surface area contributed by atoms with Crippen molar-refractivity contribution in [3.63, 3.8) is 0 Å². The first kappa shape index (κ1) is 17.0. The molecule has 7 nitrogen and oxygen atoms in total. The van der Waals surface area contributed by atoms with Crippen LogP contribution < -0.4 is 20.7 Å². The number of carbonyl (C=O) groups is 1. The Labute approximate surface area is 147 Å². The maximum Gasteiger partial charge on any atom is 0.224 e. The number of benzene rings is 1. The Balaban J connectivity index is 1.54. The summed E-state index contributed by atoms with van der Waals surface area (Å²) in [5, 5.41) is 9.31. The van der Waals surface area contributed by atoms with Crippen LogP contribution in [0.15, 0.2) is 30.3 Å². The van der Waals surface area contributed by atoms with Crippen LogP contribution in [0.2, 0.25) is 0 Å². The number of nitrogens with zero attached hydrogens (tertiary/aromatic N) is 2. The van der Waals surface area contributed by atoms with E-state index in [0.717, 1.165) is 30.0 Å². The van der Waals surface area contributed by atoms with Gasteiger partial charge in [-0.05, 0) is 44.0 Å². The number of aryl methyl sites for hydroxylation is 1. The van der Waals surface area contributed by atoms with Crippen LogP contribution in [0.5, 0.6) is 5.75 Å². The van der Waals surface area contributed by atoms with E-state index in [4.69, 9.17) is 4.74 Å². The number of methoxy groups -OCH3 is 1. The van der Waals surface area contributed by atoms with Gasteiger partial charge in [0.05, 0.1) is 7.11 Å². The molecule has 2 aromatic rings. The molecule has 1 aromatic carbocycles. The largest absolute Gasteiger partial charge is 0.497 e. The predicted octanol–water partition coefficient (Wildman–Crippen LogP) is 2.48. The first-order valence-corrected chi connectivity index (χ1v) is 8.42. The summed E-state index contributed by atoms with van der Waals surface area (Å²) in [6.45, 7) is 3.07. The second kappa shape index (κ2) is 7.83. The Morgan fingerprint density at radius 2 is 1.96 bits per heavy atom. The highest BCUT2D eigenvalue weighted by atomic mass is 16.5. The standard InChI is InChI=1S/C18H23N5O2/c1-12-11-16(22-14-5-7-15(25-2)8-6-14)23-18(21-12)20-10-9-19-17(24)13-3-4-13/h5-8,11,13H,3-4,9-10H2,1-2H3,(H,19,24)(H2,20,21,22,23). The second-order valence-corrected chi connectivity index (χ2v) is 6.06. The number of nitrogens with one attached hydrogen (secondary N) is 3. The molecule has 1 aliphatic carbocycles. The molecular formula is C18H23N5O2. The average molecular weight is 341 g/mol. The van der Waals surface area contributed by atoms with Gasteiger partial charge in [0.25, 0.3) is 0 Å². The fraction of sp³-hybridized carbons (Fsp3) is 0.389. The molecule has 0 radical (unpaired) electrons. The molecule has 132 valence electrons. The van der Waals surface area contributed by atoms with Crippen molar-refractivity contribution in [1.29, 1.82) is 0 Å². The summed E-state index contributed by atoms with van der Waals surface area (Å²) in [7, 11) is 1.64. The first-order valence-electron chi connectivity index (χ1n) is 8.42. The summed E-state index contributed by atoms with van der Waals surface area (Å²) in [5.41, 5.74) is 1.78. The van der Waals surface area contributed by atoms with Gasteiger partial charge >= 0.3 is 0 Å². The number of rotatable bonds is 8. The maximum absolute atomic E-state index is 11.6. The Bertz CT molecular complexity index is 729. The molecular weight excluding hydrogens is 318 g/mol. The van der Waals surface area contributed by atoms with Gasteiger partial charge < -0.3 is 20.7 Å². The maximum atomic E-state index is 11.6. The van der Waals surface area contributed by atoms with Crippen LogP contribution in [0, 0.1) is 12.8 Å². The van der Waals surface area contributed by atoms with Gasteiger partial charge in [-0.2, -0.15) is 4.98 Å². The van der Waals surface area contributed by atoms with E-state index in [0.29, 0.717) is 24.9 Å². The van der Waals surface area contributed by atoms with Crippen LogP contribution in [-0.4, -0.2) is 36.1 Å². The summed E-state index contributed by atoms with van der Waals surface area (Å²) in [5.74, 6) is 2.43. The minimum atomic E-state index is 0.147. The van der Waals surface area contributed by atoms with E-state index in [1.54, 1.807) is 7.11 Å². The lowest BCUT2D eigenvalue weighted by atomic mass is 10.3. The van der Waals surface area contributed by atoms with Gasteiger partial charge in [-0.15, -0.1) is 0 Å². The van der Waals surface area contributed by atoms with Crippen molar-refractivity contribution in [2.45, 2.75) is 19.8 Å². The number of amides is 1. The summed E-state index contributed by atoms with van der Waals surface area (Å²) < 4.78 is 5.15. The van der Waals surface area contributed by atoms with Gasteiger partial charge in [0.1, 0.15) is 11.6 Å². The number of carbonyl (C=O) groups excluding carboxylic acids is 1. The van der Waals surface area contributed by atoms with Crippen LogP contribution in [0.1, 0.15) is 18.5 Å². The van der Waals surface area contributed by atoms with Crippen molar-refractivity contribution in [3.05, 3.63) is 36.0 Å². The fourth-order valence-corrected chi connectivity index (χ4v) is 2.38. The summed E-state index contributed by atoms with van der Waals surface area (Å²) >= 11 is 0. The number of hydrogen-bond acceptors (Lipinski definition) is 6. The molecule has 0 spiro atoms. The number of hydrogen-bond donors (Lipinski definition) is 3. The minimum absolute atomic E-state index is 0.147. The summed E-state index contributed by atoms with van der Waals surface area (Å²) in [6, 6.07) is 9.51. The normalized spacial score (nSPS) is 13.2. The third kappa shape index (κ3) is 5.07. The first-order chi connectivity index (χ1) is 12.1. The van der Waals surface area contributed by atoms with E-state index < -0.39 is 0 Å². The smallest absolute Gasteiger partial charge is 0.224 e. The Kier molecular flexibility index (Phi) is 5.33. The van der Waals surface area contributed by atoms with Gasteiger partial charge in [0.15, 0.2) is 0 Å². The number of aromatic nitrogens is 2. The van der Waals surface area contributed by atoms with Crippen molar-refractivity contribution in [3.8, 4) is 5.75 Å². The zero-order chi connectivity index (χ0) is 17.6. The van der Waals surface area contributed by atoms with Crippen LogP contribution in [-0.2, 0) is 4.79 Å². The van der Waals surface area contributed by atoms with Crippen molar-refractivity contribution in [1.82, 2.24) is 15.3 Å². The molecule has 1 saturated carbocycles. The lowest BCUT2D eigenvalue weighted by molar-refractivity contribution is -0.122. The van der Waals surface area contributed by atoms with Crippen molar-refractivity contribution in [2.24, 2.45) is 5.92 Å². The van der Waals surface area contributed by atoms with Crippen LogP contribution >= 0.6 is 0 Å². The van der Waals surface area contributed by atoms with Gasteiger partial charge in [-0.25, -0.2) is 4.98 Å². The monoisotopic (exact) mass is 341 g/mol. The molecule has 0 saturated heterocycles. The van der Waals surface area contributed by atoms with E-state index in [1.807, 2.05) is 37.3 Å². The Hall–Kier alpha value is -2.83. The van der Waals surface area contributed by atoms with Gasteiger partial charge in [0, 0.05) is 36.5 Å². The lowest BCUT2D eigenvalue weighted by Crippen LogP contribution is -2.30. The second-order valence-electron chi connectivity index (χ2n) is 6.06. The fourth-order valence-electron chi connectivity index (χ4n) is 2.38. The highest BCUT2D eigenvalue weighted by Crippen LogP contribution is 2.28. The van der Waals surface area contributed by atoms with Gasteiger partial charge in [-0.3, -0.25) is 4.79 Å². The SMILES string of the molecule is COc1ccc(Nc2cc(C)nc(NCCNC(=O)C3CC3)n2)cc1. The van der Waals surface area contributed by atoms with E-state index >= 15 is 0 Å². The van der Waals surface area contributed by atoms with Gasteiger partial charge in [0.2, 0.25) is 11.9 Å². The molecule has 1 amide bonds. The van der Waals surface area contributed by atoms with E-state index in [9.17, 15) is 4.79 Å². The Morgan fingerprint density at radius 3 is 2.64 bits per heavy atom. The topological polar surface area (TPSA) is 88.2 Å². The molecule has 1 aliphatic rings. The van der Waals surface area contributed by atoms with E-state index in [-0.39, 0.29) is 11.8 Å². The van der Waals surface area contributed by atoms with Crippen molar-refractivity contribution in [2.75, 3.05) is 30.8 Å². The predicted molar refractivity (Wildman–Crippen MR) is 97.3 cm³/mol. The molecule has 1 fully saturated rings. The zero-order valence-electron chi connectivity index (χ0n) is 14.5. The van der Waals surface area contributed by atoms with E-state index in [2.05, 4.69) is 25.9 Å². The third-order valence-corrected chi connectivity index (χ3v) is 3.87. The molecule has 0 aliphatic heterocycles. The molecule has 1 heterocycles. The van der Waals surface area contributed by atoms with Crippen molar-refractivity contribution >= 4 is 23.4 Å². The van der Waals surface area contributed by atoms with E-state index in [1.165, 1.54) is 0 Å². The molecule has 7 heteroatoms. The molecule has 25 heavy (non-hydrogen) atoms. The molecule has 0 unspecified atom stereocenters. The number of anilines is 3. The lowest BCUT2D eigenvalue weighted by Gasteiger charge is -2.11. The molecule has 1 aromatic heterocycles. The third-order valence-electron chi connectivity index (χ3n) is 3.87. The van der Waals surface area contributed by atoms with Crippen molar-refractivity contribution < 1.29 is 9.53 Å². The zero-order valence-corrected chi connectivity index (χ0v) is 14.5. The van der Waals surface area contributed by atoms with Crippen LogP contribution in [0.25, 0.3) is 0 Å². The molecule has 0 bridgehead atoms. The minimum Gasteiger partial charge on any atom is -0.497 e. The van der Waals surface area contributed by atoms with Crippen LogP contribution in [0.3, 0.4) is 0 Å².